The van der Waals surface area contributed by atoms with Crippen molar-refractivity contribution in [2.24, 2.45) is 29.0 Å². The summed E-state index contributed by atoms with van der Waals surface area (Å²) in [5, 5.41) is 23.7. The summed E-state index contributed by atoms with van der Waals surface area (Å²) in [6.07, 6.45) is 8.42. The van der Waals surface area contributed by atoms with Crippen molar-refractivity contribution < 1.29 is 57.5 Å². The van der Waals surface area contributed by atoms with E-state index in [2.05, 4.69) is 57.8 Å². The van der Waals surface area contributed by atoms with E-state index in [1.54, 1.807) is 27.7 Å². The third kappa shape index (κ3) is 21.9. The van der Waals surface area contributed by atoms with E-state index < -0.39 is 150 Å². The molecular weight excluding hydrogens is 1050 g/mol. The second-order valence-electron chi connectivity index (χ2n) is 20.0. The van der Waals surface area contributed by atoms with Gasteiger partial charge in [-0.25, -0.2) is 4.98 Å². The summed E-state index contributed by atoms with van der Waals surface area (Å²) in [5.41, 5.74) is 17.4. The lowest BCUT2D eigenvalue weighted by molar-refractivity contribution is -0.143. The van der Waals surface area contributed by atoms with Gasteiger partial charge in [-0.3, -0.25) is 57.5 Å². The van der Waals surface area contributed by atoms with Crippen LogP contribution in [0.25, 0.3) is 0 Å². The highest BCUT2D eigenvalue weighted by molar-refractivity contribution is 7.98. The van der Waals surface area contributed by atoms with E-state index >= 15 is 0 Å². The molecule has 0 unspecified atom stereocenters. The first kappa shape index (κ1) is 66.2. The van der Waals surface area contributed by atoms with Crippen LogP contribution in [0.3, 0.4) is 0 Å². The van der Waals surface area contributed by atoms with Crippen molar-refractivity contribution in [1.29, 1.82) is 0 Å². The zero-order valence-electron chi connectivity index (χ0n) is 46.1. The van der Waals surface area contributed by atoms with E-state index in [-0.39, 0.29) is 58.0 Å². The van der Waals surface area contributed by atoms with Gasteiger partial charge in [0.05, 0.1) is 12.9 Å². The molecule has 2 aliphatic rings. The monoisotopic (exact) mass is 1130 g/mol. The van der Waals surface area contributed by atoms with E-state index in [0.29, 0.717) is 43.6 Å². The number of amides is 12. The van der Waals surface area contributed by atoms with Gasteiger partial charge in [-0.15, -0.1) is 0 Å². The van der Waals surface area contributed by atoms with Gasteiger partial charge in [0.25, 0.3) is 0 Å². The number of primary amides is 2. The standard InChI is InChI=1S/C51H83N15O12S/c1-7-28(3)41(43(54)70)64-47(74)32-14-9-10-15-33(61-46(73)35(20-23-79-6)58-30(5)67)48(75)65-42(29(4)8-2)50(77)62-36(16-11-12-21-52)51(78)66-22-13-17-38(66)49(76)63-37(24-31-25-55-27-57-31)44(71)56-26-40(69)59-34(45(72)60-32)18-19-39(53)68/h9-10,25,27-29,32-38,41-42H,7-8,11-24,26,52H2,1-6H3,(H2,53,68)(H2,54,70)(H,55,57)(H,56,71)(H,58,67)(H,59,69)(H,60,72)(H,61,73)(H,62,77)(H,63,76)(H,64,74)(H,65,75)/b10-9+/t28-,29-,32-,33-,34-,35-,36+,37-,38-,41-,42-/m0/s1. The Bertz CT molecular complexity index is 2300. The molecule has 0 aromatic carbocycles. The van der Waals surface area contributed by atoms with E-state index in [1.807, 2.05) is 6.26 Å². The van der Waals surface area contributed by atoms with Gasteiger partial charge in [0.1, 0.15) is 54.4 Å². The Morgan fingerprint density at radius 2 is 1.53 bits per heavy atom. The number of imidazole rings is 1. The summed E-state index contributed by atoms with van der Waals surface area (Å²) in [5.74, 6) is -9.99. The predicted octanol–water partition coefficient (Wildman–Crippen LogP) is -2.97. The number of H-pyrrole nitrogens is 1. The topological polar surface area (TPSA) is 423 Å². The maximum absolute atomic E-state index is 14.6. The highest BCUT2D eigenvalue weighted by Gasteiger charge is 2.41. The minimum absolute atomic E-state index is 0.106. The maximum Gasteiger partial charge on any atom is 0.245 e. The van der Waals surface area contributed by atoms with E-state index in [9.17, 15) is 57.5 Å². The molecule has 1 saturated heterocycles. The van der Waals surface area contributed by atoms with Crippen molar-refractivity contribution in [3.8, 4) is 0 Å². The first-order chi connectivity index (χ1) is 37.5. The number of aromatic nitrogens is 2. The number of carbonyl (C=O) groups is 12. The lowest BCUT2D eigenvalue weighted by Crippen LogP contribution is -2.60. The molecule has 0 bridgehead atoms. The number of hydrogen-bond donors (Lipinski definition) is 13. The Labute approximate surface area is 464 Å². The van der Waals surface area contributed by atoms with Gasteiger partial charge in [0.2, 0.25) is 70.9 Å². The number of hydrogen-bond acceptors (Lipinski definition) is 15. The van der Waals surface area contributed by atoms with Crippen LogP contribution >= 0.6 is 11.8 Å². The highest BCUT2D eigenvalue weighted by atomic mass is 32.2. The molecule has 3 heterocycles. The van der Waals surface area contributed by atoms with Crippen molar-refractivity contribution in [2.45, 2.75) is 172 Å². The largest absolute Gasteiger partial charge is 0.370 e. The quantitative estimate of drug-likeness (QED) is 0.0408. The van der Waals surface area contributed by atoms with Gasteiger partial charge in [-0.05, 0) is 88.2 Å². The van der Waals surface area contributed by atoms with Crippen LogP contribution in [0.1, 0.15) is 117 Å². The van der Waals surface area contributed by atoms with Gasteiger partial charge in [0.15, 0.2) is 0 Å². The molecule has 0 aliphatic carbocycles. The van der Waals surface area contributed by atoms with E-state index in [4.69, 9.17) is 17.2 Å². The van der Waals surface area contributed by atoms with Crippen molar-refractivity contribution in [3.05, 3.63) is 30.4 Å². The number of rotatable bonds is 22. The molecule has 16 N–H and O–H groups in total. The molecule has 440 valence electrons. The number of nitrogens with two attached hydrogens (primary N) is 3. The Morgan fingerprint density at radius 1 is 0.823 bits per heavy atom. The van der Waals surface area contributed by atoms with Gasteiger partial charge in [0, 0.05) is 38.2 Å². The molecule has 1 aromatic heterocycles. The van der Waals surface area contributed by atoms with Gasteiger partial charge in [-0.1, -0.05) is 52.7 Å². The van der Waals surface area contributed by atoms with Crippen LogP contribution in [0.4, 0.5) is 0 Å². The first-order valence-electron chi connectivity index (χ1n) is 26.9. The number of nitrogens with one attached hydrogen (secondary N) is 10. The van der Waals surface area contributed by atoms with Crippen LogP contribution in [-0.4, -0.2) is 172 Å². The Kier molecular flexibility index (Phi) is 28.5. The number of carbonyl (C=O) groups excluding carboxylic acids is 12. The fraction of sp³-hybridized carbons (Fsp3) is 0.667. The minimum Gasteiger partial charge on any atom is -0.370 e. The summed E-state index contributed by atoms with van der Waals surface area (Å²) in [4.78, 5) is 173. The summed E-state index contributed by atoms with van der Waals surface area (Å²) >= 11 is 1.42. The first-order valence-corrected chi connectivity index (χ1v) is 28.3. The summed E-state index contributed by atoms with van der Waals surface area (Å²) in [6.45, 7) is 7.83. The third-order valence-electron chi connectivity index (χ3n) is 13.9. The van der Waals surface area contributed by atoms with E-state index in [1.165, 1.54) is 48.3 Å². The van der Waals surface area contributed by atoms with Crippen LogP contribution in [-0.2, 0) is 64.0 Å². The van der Waals surface area contributed by atoms with Crippen LogP contribution in [0.15, 0.2) is 24.7 Å². The summed E-state index contributed by atoms with van der Waals surface area (Å²) < 4.78 is 0. The Balaban J connectivity index is 2.23. The summed E-state index contributed by atoms with van der Waals surface area (Å²) in [6, 6.07) is -11.7. The van der Waals surface area contributed by atoms with Crippen LogP contribution in [0.2, 0.25) is 0 Å². The maximum atomic E-state index is 14.6. The fourth-order valence-electron chi connectivity index (χ4n) is 8.86. The smallest absolute Gasteiger partial charge is 0.245 e. The second kappa shape index (κ2) is 34.0. The molecule has 28 heteroatoms. The highest BCUT2D eigenvalue weighted by Crippen LogP contribution is 2.21. The molecule has 2 aliphatic heterocycles. The molecule has 1 fully saturated rings. The van der Waals surface area contributed by atoms with Crippen LogP contribution in [0, 0.1) is 11.8 Å². The molecular formula is C51H83N15O12S. The molecule has 27 nitrogen and oxygen atoms in total. The van der Waals surface area contributed by atoms with Gasteiger partial charge in [-0.2, -0.15) is 11.8 Å². The zero-order valence-corrected chi connectivity index (χ0v) is 46.9. The second-order valence-corrected chi connectivity index (χ2v) is 21.0. The summed E-state index contributed by atoms with van der Waals surface area (Å²) in [7, 11) is 0. The zero-order chi connectivity index (χ0) is 58.8. The molecule has 1 aromatic rings. The average molecular weight is 1130 g/mol. The molecule has 0 radical (unpaired) electrons. The molecule has 0 spiro atoms. The molecule has 11 atom stereocenters. The Morgan fingerprint density at radius 3 is 2.15 bits per heavy atom. The normalized spacial score (nSPS) is 24.3. The number of nitrogens with zero attached hydrogens (tertiary/aromatic N) is 2. The number of unbranched alkanes of at least 4 members (excludes halogenated alkanes) is 1. The van der Waals surface area contributed by atoms with Crippen molar-refractivity contribution in [3.63, 3.8) is 0 Å². The number of thioether (sulfide) groups is 1. The van der Waals surface area contributed by atoms with Crippen LogP contribution < -0.4 is 65.1 Å². The van der Waals surface area contributed by atoms with Gasteiger partial charge >= 0.3 is 0 Å². The van der Waals surface area contributed by atoms with Crippen molar-refractivity contribution in [1.82, 2.24) is 62.7 Å². The van der Waals surface area contributed by atoms with Crippen molar-refractivity contribution in [2.75, 3.05) is 31.6 Å². The number of fused-ring (bicyclic) bond motifs is 1. The molecule has 79 heavy (non-hydrogen) atoms. The van der Waals surface area contributed by atoms with Crippen molar-refractivity contribution >= 4 is 82.6 Å². The third-order valence-corrected chi connectivity index (χ3v) is 14.5. The predicted molar refractivity (Wildman–Crippen MR) is 292 cm³/mol. The van der Waals surface area contributed by atoms with Crippen LogP contribution in [0.5, 0.6) is 0 Å². The lowest BCUT2D eigenvalue weighted by atomic mass is 9.96. The fourth-order valence-corrected chi connectivity index (χ4v) is 9.33. The SMILES string of the molecule is CC[C@H](C)[C@H](NC(=O)[C@@H]1C/C=C/C[C@H](NC(=O)[C@H](CCSC)NC(C)=O)C(=O)N[C@@H]([C@@H](C)CC)C(=O)N[C@H](CCCCN)C(=O)N2CCC[C@H]2C(=O)N[C@@H](Cc2cnc[nH]2)C(=O)NCC(=O)N[C@@H](CCC(N)=O)C(=O)N1)C(N)=O. The molecule has 3 rings (SSSR count). The minimum atomic E-state index is -1.54. The Hall–Kier alpha value is -7.10. The lowest BCUT2D eigenvalue weighted by Gasteiger charge is -2.32. The molecule has 0 saturated carbocycles. The number of aromatic amines is 1. The van der Waals surface area contributed by atoms with Gasteiger partial charge < -0.3 is 74.9 Å². The molecule has 12 amide bonds. The average Bonchev–Trinajstić information content (AvgIpc) is 4.15. The van der Waals surface area contributed by atoms with E-state index in [0.717, 1.165) is 0 Å².